The number of aromatic nitrogens is 1. The van der Waals surface area contributed by atoms with Crippen LogP contribution in [0.5, 0.6) is 0 Å². The second-order valence-electron chi connectivity index (χ2n) is 34.4. The number of nitrogens with zero attached hydrogens (tertiary/aromatic N) is 1. The van der Waals surface area contributed by atoms with E-state index in [1.807, 2.05) is 52.0 Å². The van der Waals surface area contributed by atoms with Crippen molar-refractivity contribution in [1.82, 2.24) is 52.4 Å². The number of para-hydroxylation sites is 1. The first-order valence-corrected chi connectivity index (χ1v) is 44.2. The second-order valence-corrected chi connectivity index (χ2v) is 34.4. The van der Waals surface area contributed by atoms with Gasteiger partial charge in [0.2, 0.25) is 41.4 Å². The third-order valence-electron chi connectivity index (χ3n) is 22.5. The number of hydrogen-bond acceptors (Lipinski definition) is 24. The van der Waals surface area contributed by atoms with Crippen molar-refractivity contribution < 1.29 is 126 Å². The molecule has 1 aliphatic heterocycles. The van der Waals surface area contributed by atoms with Crippen molar-refractivity contribution in [3.8, 4) is 0 Å². The standard InChI is InChI=1S/C90H131N15O26/c1-49(2)38-68(73(110)40-51(5)82(124)102-69(39-50(3)4)76(113)46-59(42-60-47-98-65-16-9-8-15-62(60)65)85(127)99-64(53(7)107)17-11-35-97-90(94)95)104-87(129)71-18-12-36-105(71)88(130)58(14-10-34-96-89(92)93)43-61(108)48-131-37-13-19-72(109)70(41-54-20-22-55(23-21-54)52(6)106)103-84(126)57(25-30-78(116)117)45-74(111)66(27-32-80(120)121)100-83(125)56(24-29-77(114)115)44-75(112)67(28-33-81(122)123)101-86(128)63(91)26-31-79(118)119/h8-9,15-16,20-23,47,49-51,56-59,63-64,66-71,98H,10-14,17-19,24-46,48,91H2,1-7H3,(H,99,127)(H,100,125)(H,101,128)(H,102,124)(H,103,126)(H,104,129)(H,114,115)(H,116,117)(H,118,119)(H,120,121)(H,122,123)(H4,92,93,96)(H4,94,95,97)/t51-,56+,57+,58-,59-,63-,64+,66-,67-,68+,69+,70+,71+/m1/s1. The maximum Gasteiger partial charge on any atom is 0.303 e. The molecule has 1 aliphatic rings. The molecule has 1 fully saturated rings. The van der Waals surface area contributed by atoms with E-state index in [0.717, 1.165) is 16.5 Å². The lowest BCUT2D eigenvalue weighted by Gasteiger charge is -2.30. The Hall–Kier alpha value is -12.6. The van der Waals surface area contributed by atoms with Gasteiger partial charge in [-0.3, -0.25) is 107 Å². The fraction of sp³-hybridized carbons (Fsp3) is 0.600. The van der Waals surface area contributed by atoms with Gasteiger partial charge in [-0.15, -0.1) is 0 Å². The van der Waals surface area contributed by atoms with Crippen LogP contribution in [0.15, 0.2) is 54.7 Å². The van der Waals surface area contributed by atoms with Gasteiger partial charge in [-0.2, -0.15) is 0 Å². The lowest BCUT2D eigenvalue weighted by molar-refractivity contribution is -0.144. The molecule has 1 aromatic heterocycles. The monoisotopic (exact) mass is 1840 g/mol. The molecule has 1 saturated heterocycles. The molecule has 2 heterocycles. The number of rotatable bonds is 67. The van der Waals surface area contributed by atoms with Gasteiger partial charge in [-0.1, -0.05) is 77.1 Å². The van der Waals surface area contributed by atoms with Gasteiger partial charge in [0.25, 0.3) is 0 Å². The summed E-state index contributed by atoms with van der Waals surface area (Å²) in [6.07, 6.45) is -6.68. The Morgan fingerprint density at radius 1 is 0.481 bits per heavy atom. The predicted octanol–water partition coefficient (Wildman–Crippen LogP) is 3.18. The summed E-state index contributed by atoms with van der Waals surface area (Å²) in [5.74, 6) is -25.2. The normalized spacial score (nSPS) is 15.2. The highest BCUT2D eigenvalue weighted by Crippen LogP contribution is 2.29. The molecule has 0 saturated carbocycles. The maximum absolute atomic E-state index is 14.8. The number of carboxylic acids is 5. The van der Waals surface area contributed by atoms with Crippen LogP contribution >= 0.6 is 0 Å². The minimum atomic E-state index is -1.82. The van der Waals surface area contributed by atoms with Crippen LogP contribution < -0.4 is 59.7 Å². The molecule has 13 atom stereocenters. The zero-order valence-corrected chi connectivity index (χ0v) is 75.5. The molecule has 722 valence electrons. The zero-order chi connectivity index (χ0) is 97.9. The second kappa shape index (κ2) is 56.8. The highest BCUT2D eigenvalue weighted by atomic mass is 16.5. The summed E-state index contributed by atoms with van der Waals surface area (Å²) in [5.41, 5.74) is 19.0. The van der Waals surface area contributed by atoms with Gasteiger partial charge < -0.3 is 99.9 Å². The number of Topliss-reactive ketones (excluding diaryl/α,β-unsaturated/α-hetero) is 8. The number of ketones is 8. The summed E-state index contributed by atoms with van der Waals surface area (Å²) < 4.78 is 5.76. The first-order valence-electron chi connectivity index (χ1n) is 44.2. The van der Waals surface area contributed by atoms with E-state index in [9.17, 15) is 116 Å². The molecule has 4 rings (SSSR count). The van der Waals surface area contributed by atoms with E-state index in [2.05, 4.69) is 47.5 Å². The SMILES string of the molecule is CC(=O)c1ccc(C[C@H](NC(=O)[C@@H](CCC(=O)O)CC(=O)[C@@H](CCC(=O)O)NC(=O)[C@@H](CCC(=O)O)CC(=O)[C@@H](CCC(=O)O)NC(=O)[C@H](N)CCC(=O)O)C(=O)CCCOCC(=O)C[C@@H](CCCNC(=N)N)C(=O)N2CCC[C@H]2C(=O)N[C@@H](CC(C)C)C(=O)C[C@@H](C)C(=O)N[C@@H](CC(C)C)C(=O)C[C@@H](Cc2c[nH]c3ccccc23)C(=O)N[C@@H](CCCNC(=N)N)C(C)=O)cc1. The van der Waals surface area contributed by atoms with Gasteiger partial charge in [0.15, 0.2) is 58.2 Å². The first kappa shape index (κ1) is 111. The number of guanidine groups is 2. The average molecular weight is 1840 g/mol. The van der Waals surface area contributed by atoms with Crippen molar-refractivity contribution in [2.24, 2.45) is 58.6 Å². The fourth-order valence-corrected chi connectivity index (χ4v) is 15.3. The number of carbonyl (C=O) groups excluding carboxylic acids is 15. The Labute approximate surface area is 759 Å². The number of carbonyl (C=O) groups is 20. The van der Waals surface area contributed by atoms with E-state index in [1.165, 1.54) is 49.9 Å². The molecule has 0 aliphatic carbocycles. The van der Waals surface area contributed by atoms with Gasteiger partial charge >= 0.3 is 29.8 Å². The number of fused-ring (bicyclic) bond motifs is 1. The molecule has 0 bridgehead atoms. The van der Waals surface area contributed by atoms with Crippen molar-refractivity contribution in [2.75, 3.05) is 32.8 Å². The van der Waals surface area contributed by atoms with Gasteiger partial charge in [0.05, 0.1) is 42.3 Å². The van der Waals surface area contributed by atoms with E-state index in [0.29, 0.717) is 18.4 Å². The lowest BCUT2D eigenvalue weighted by Crippen LogP contribution is -2.52. The Kier molecular flexibility index (Phi) is 48.0. The number of nitrogens with one attached hydrogen (secondary N) is 11. The predicted molar refractivity (Wildman–Crippen MR) is 475 cm³/mol. The van der Waals surface area contributed by atoms with Crippen LogP contribution in [0, 0.1) is 52.2 Å². The molecule has 0 radical (unpaired) electrons. The smallest absolute Gasteiger partial charge is 0.303 e. The fourth-order valence-electron chi connectivity index (χ4n) is 15.3. The summed E-state index contributed by atoms with van der Waals surface area (Å²) >= 11 is 0. The molecule has 7 amide bonds. The molecule has 2 aromatic carbocycles. The summed E-state index contributed by atoms with van der Waals surface area (Å²) in [5, 5.41) is 84.7. The van der Waals surface area contributed by atoms with Gasteiger partial charge in [-0.25, -0.2) is 0 Å². The number of hydrogen-bond donors (Lipinski definition) is 19. The number of ether oxygens (including phenoxy) is 1. The van der Waals surface area contributed by atoms with Crippen molar-refractivity contribution in [3.63, 3.8) is 0 Å². The Bertz CT molecular complexity index is 4530. The van der Waals surface area contributed by atoms with Crippen molar-refractivity contribution in [3.05, 3.63) is 71.4 Å². The van der Waals surface area contributed by atoms with Crippen LogP contribution in [0.25, 0.3) is 10.9 Å². The molecule has 0 spiro atoms. The van der Waals surface area contributed by atoms with Gasteiger partial charge in [0, 0.05) is 149 Å². The minimum Gasteiger partial charge on any atom is -0.481 e. The van der Waals surface area contributed by atoms with Crippen LogP contribution in [0.4, 0.5) is 0 Å². The lowest BCUT2D eigenvalue weighted by atomic mass is 9.88. The van der Waals surface area contributed by atoms with E-state index < -0.39 is 274 Å². The third-order valence-corrected chi connectivity index (χ3v) is 22.5. The van der Waals surface area contributed by atoms with Crippen LogP contribution in [0.3, 0.4) is 0 Å². The molecule has 41 nitrogen and oxygen atoms in total. The quantitative estimate of drug-likeness (QED) is 0.0167. The number of amides is 7. The summed E-state index contributed by atoms with van der Waals surface area (Å²) in [7, 11) is 0. The number of carboxylic acid groups (broad SMARTS) is 5. The largest absolute Gasteiger partial charge is 0.481 e. The highest BCUT2D eigenvalue weighted by molar-refractivity contribution is 6.01. The van der Waals surface area contributed by atoms with Crippen molar-refractivity contribution in [1.29, 1.82) is 10.8 Å². The highest BCUT2D eigenvalue weighted by Gasteiger charge is 2.42. The van der Waals surface area contributed by atoms with E-state index >= 15 is 0 Å². The molecular formula is C90H131N15O26. The maximum atomic E-state index is 14.8. The third kappa shape index (κ3) is 41.4. The van der Waals surface area contributed by atoms with Crippen molar-refractivity contribution in [2.45, 2.75) is 270 Å². The van der Waals surface area contributed by atoms with Crippen LogP contribution in [-0.4, -0.2) is 246 Å². The number of likely N-dealkylation sites (tertiary alicyclic amines) is 1. The summed E-state index contributed by atoms with van der Waals surface area (Å²) in [6, 6.07) is 2.60. The molecule has 3 aromatic rings. The topological polar surface area (TPSA) is 693 Å². The van der Waals surface area contributed by atoms with Crippen molar-refractivity contribution >= 4 is 140 Å². The number of aliphatic carboxylic acids is 5. The Balaban J connectivity index is 1.51. The Morgan fingerprint density at radius 3 is 1.47 bits per heavy atom. The number of aromatic amines is 1. The van der Waals surface area contributed by atoms with E-state index in [4.69, 9.17) is 37.9 Å². The summed E-state index contributed by atoms with van der Waals surface area (Å²) in [6.45, 7) is 11.1. The van der Waals surface area contributed by atoms with E-state index in [1.54, 1.807) is 6.20 Å². The van der Waals surface area contributed by atoms with Crippen LogP contribution in [-0.2, 0) is 109 Å². The van der Waals surface area contributed by atoms with Gasteiger partial charge in [-0.05, 0) is 146 Å². The molecule has 41 heteroatoms. The van der Waals surface area contributed by atoms with Crippen LogP contribution in [0.1, 0.15) is 230 Å². The molecule has 131 heavy (non-hydrogen) atoms. The summed E-state index contributed by atoms with van der Waals surface area (Å²) in [4.78, 5) is 274. The minimum absolute atomic E-state index is 0.0503. The number of benzene rings is 2. The van der Waals surface area contributed by atoms with Crippen LogP contribution in [0.2, 0.25) is 0 Å². The zero-order valence-electron chi connectivity index (χ0n) is 75.5. The van der Waals surface area contributed by atoms with E-state index in [-0.39, 0.29) is 144 Å². The Morgan fingerprint density at radius 2 is 0.947 bits per heavy atom. The molecule has 0 unspecified atom stereocenters. The van der Waals surface area contributed by atoms with Gasteiger partial charge in [0.1, 0.15) is 12.6 Å². The molecule has 22 N–H and O–H groups in total. The average Bonchev–Trinajstić information content (AvgIpc) is 1.70. The molecular weight excluding hydrogens is 1710 g/mol. The number of H-pyrrole nitrogens is 1. The first-order chi connectivity index (χ1) is 61.7. The number of nitrogens with two attached hydrogens (primary N) is 3.